The lowest BCUT2D eigenvalue weighted by atomic mass is 9.97. The van der Waals surface area contributed by atoms with E-state index in [2.05, 4.69) is 18.2 Å². The topological polar surface area (TPSA) is 42.4 Å². The van der Waals surface area contributed by atoms with Gasteiger partial charge in [0.15, 0.2) is 0 Å². The summed E-state index contributed by atoms with van der Waals surface area (Å²) in [6, 6.07) is 8.33. The highest BCUT2D eigenvalue weighted by Crippen LogP contribution is 2.34. The van der Waals surface area contributed by atoms with Crippen LogP contribution in [0, 0.1) is 0 Å². The zero-order valence-electron chi connectivity index (χ0n) is 13.9. The van der Waals surface area contributed by atoms with Crippen molar-refractivity contribution in [2.75, 3.05) is 19.7 Å². The van der Waals surface area contributed by atoms with Crippen molar-refractivity contribution in [1.82, 2.24) is 9.88 Å². The van der Waals surface area contributed by atoms with Gasteiger partial charge in [-0.3, -0.25) is 4.79 Å². The summed E-state index contributed by atoms with van der Waals surface area (Å²) in [6.07, 6.45) is 6.16. The number of para-hydroxylation sites is 1. The SMILES string of the molecule is O=C(CC[C@H]1CCCO1)N1CCC(c2nc3ccccc3s2)CC1. The van der Waals surface area contributed by atoms with Crippen molar-refractivity contribution in [3.63, 3.8) is 0 Å². The van der Waals surface area contributed by atoms with Crippen molar-refractivity contribution in [2.24, 2.45) is 0 Å². The predicted molar refractivity (Wildman–Crippen MR) is 96.4 cm³/mol. The molecule has 0 radical (unpaired) electrons. The maximum Gasteiger partial charge on any atom is 0.222 e. The molecule has 2 fully saturated rings. The largest absolute Gasteiger partial charge is 0.378 e. The number of carbonyl (C=O) groups excluding carboxylic acids is 1. The summed E-state index contributed by atoms with van der Waals surface area (Å²) in [5.74, 6) is 0.804. The second-order valence-electron chi connectivity index (χ2n) is 6.85. The summed E-state index contributed by atoms with van der Waals surface area (Å²) in [6.45, 7) is 2.60. The van der Waals surface area contributed by atoms with Crippen molar-refractivity contribution in [3.8, 4) is 0 Å². The quantitative estimate of drug-likeness (QED) is 0.843. The van der Waals surface area contributed by atoms with E-state index in [9.17, 15) is 4.79 Å². The monoisotopic (exact) mass is 344 g/mol. The van der Waals surface area contributed by atoms with Gasteiger partial charge in [-0.1, -0.05) is 12.1 Å². The number of fused-ring (bicyclic) bond motifs is 1. The number of piperidine rings is 1. The van der Waals surface area contributed by atoms with Gasteiger partial charge < -0.3 is 9.64 Å². The minimum absolute atomic E-state index is 0.299. The first-order chi connectivity index (χ1) is 11.8. The van der Waals surface area contributed by atoms with E-state index in [1.807, 2.05) is 22.3 Å². The molecule has 3 heterocycles. The molecule has 0 aliphatic carbocycles. The van der Waals surface area contributed by atoms with Gasteiger partial charge in [-0.2, -0.15) is 0 Å². The van der Waals surface area contributed by atoms with Gasteiger partial charge in [0.1, 0.15) is 0 Å². The van der Waals surface area contributed by atoms with Crippen molar-refractivity contribution in [2.45, 2.75) is 50.5 Å². The first-order valence-electron chi connectivity index (χ1n) is 9.04. The van der Waals surface area contributed by atoms with Crippen LogP contribution in [-0.2, 0) is 9.53 Å². The summed E-state index contributed by atoms with van der Waals surface area (Å²) in [7, 11) is 0. The van der Waals surface area contributed by atoms with Gasteiger partial charge in [0, 0.05) is 32.0 Å². The Morgan fingerprint density at radius 2 is 2.08 bits per heavy atom. The zero-order valence-corrected chi connectivity index (χ0v) is 14.8. The van der Waals surface area contributed by atoms with Crippen LogP contribution in [0.3, 0.4) is 0 Å². The molecule has 2 aliphatic rings. The standard InChI is InChI=1S/C19H24N2O2S/c22-18(8-7-15-4-3-13-23-15)21-11-9-14(10-12-21)19-20-16-5-1-2-6-17(16)24-19/h1-2,5-6,14-15H,3-4,7-13H2/t15-/m1/s1. The lowest BCUT2D eigenvalue weighted by Gasteiger charge is -2.31. The minimum atomic E-state index is 0.299. The van der Waals surface area contributed by atoms with Gasteiger partial charge in [0.2, 0.25) is 5.91 Å². The summed E-state index contributed by atoms with van der Waals surface area (Å²) in [5, 5.41) is 1.24. The molecule has 4 nitrogen and oxygen atoms in total. The fraction of sp³-hybridized carbons (Fsp3) is 0.579. The maximum atomic E-state index is 12.4. The molecular formula is C19H24N2O2S. The van der Waals surface area contributed by atoms with Crippen LogP contribution in [0.1, 0.15) is 49.5 Å². The number of likely N-dealkylation sites (tertiary alicyclic amines) is 1. The number of aromatic nitrogens is 1. The van der Waals surface area contributed by atoms with Crippen LogP contribution in [0.15, 0.2) is 24.3 Å². The van der Waals surface area contributed by atoms with E-state index in [1.54, 1.807) is 0 Å². The van der Waals surface area contributed by atoms with Crippen LogP contribution in [0.2, 0.25) is 0 Å². The molecule has 128 valence electrons. The number of amides is 1. The maximum absolute atomic E-state index is 12.4. The highest BCUT2D eigenvalue weighted by Gasteiger charge is 2.26. The Bertz CT molecular complexity index is 667. The van der Waals surface area contributed by atoms with Crippen molar-refractivity contribution < 1.29 is 9.53 Å². The molecule has 1 aromatic heterocycles. The smallest absolute Gasteiger partial charge is 0.222 e. The second kappa shape index (κ2) is 7.19. The van der Waals surface area contributed by atoms with E-state index in [0.717, 1.165) is 57.3 Å². The van der Waals surface area contributed by atoms with Crippen LogP contribution in [0.25, 0.3) is 10.2 Å². The third-order valence-corrected chi connectivity index (χ3v) is 6.41. The minimum Gasteiger partial charge on any atom is -0.378 e. The highest BCUT2D eigenvalue weighted by atomic mass is 32.1. The molecule has 24 heavy (non-hydrogen) atoms. The Hall–Kier alpha value is -1.46. The summed E-state index contributed by atoms with van der Waals surface area (Å²) >= 11 is 1.81. The number of hydrogen-bond donors (Lipinski definition) is 0. The van der Waals surface area contributed by atoms with Gasteiger partial charge in [-0.15, -0.1) is 11.3 Å². The molecule has 0 unspecified atom stereocenters. The van der Waals surface area contributed by atoms with E-state index in [-0.39, 0.29) is 0 Å². The van der Waals surface area contributed by atoms with Crippen LogP contribution in [0.4, 0.5) is 0 Å². The third-order valence-electron chi connectivity index (χ3n) is 5.21. The van der Waals surface area contributed by atoms with Crippen LogP contribution in [0.5, 0.6) is 0 Å². The molecule has 1 atom stereocenters. The highest BCUT2D eigenvalue weighted by molar-refractivity contribution is 7.18. The van der Waals surface area contributed by atoms with Gasteiger partial charge in [0.05, 0.1) is 21.3 Å². The van der Waals surface area contributed by atoms with Gasteiger partial charge in [-0.05, 0) is 44.2 Å². The predicted octanol–water partition coefficient (Wildman–Crippen LogP) is 3.96. The molecule has 5 heteroatoms. The number of thiazole rings is 1. The number of benzene rings is 1. The number of carbonyl (C=O) groups is 1. The van der Waals surface area contributed by atoms with E-state index in [0.29, 0.717) is 24.3 Å². The summed E-state index contributed by atoms with van der Waals surface area (Å²) < 4.78 is 6.88. The lowest BCUT2D eigenvalue weighted by Crippen LogP contribution is -2.38. The first-order valence-corrected chi connectivity index (χ1v) is 9.86. The fourth-order valence-electron chi connectivity index (χ4n) is 3.76. The molecule has 2 aromatic rings. The number of rotatable bonds is 4. The van der Waals surface area contributed by atoms with Gasteiger partial charge >= 0.3 is 0 Å². The molecule has 2 aliphatic heterocycles. The number of nitrogens with zero attached hydrogens (tertiary/aromatic N) is 2. The summed E-state index contributed by atoms with van der Waals surface area (Å²) in [5.41, 5.74) is 1.10. The fourth-order valence-corrected chi connectivity index (χ4v) is 4.89. The molecule has 0 saturated carbocycles. The normalized spacial score (nSPS) is 22.3. The van der Waals surface area contributed by atoms with E-state index in [1.165, 1.54) is 9.71 Å². The van der Waals surface area contributed by atoms with Crippen molar-refractivity contribution in [3.05, 3.63) is 29.3 Å². The van der Waals surface area contributed by atoms with Gasteiger partial charge in [0.25, 0.3) is 0 Å². The molecule has 0 spiro atoms. The molecule has 1 amide bonds. The Morgan fingerprint density at radius 3 is 2.83 bits per heavy atom. The van der Waals surface area contributed by atoms with Gasteiger partial charge in [-0.25, -0.2) is 4.98 Å². The Balaban J connectivity index is 1.30. The third kappa shape index (κ3) is 3.47. The molecular weight excluding hydrogens is 320 g/mol. The molecule has 0 bridgehead atoms. The average Bonchev–Trinajstić information content (AvgIpc) is 3.29. The van der Waals surface area contributed by atoms with Crippen LogP contribution >= 0.6 is 11.3 Å². The molecule has 2 saturated heterocycles. The first kappa shape index (κ1) is 16.0. The van der Waals surface area contributed by atoms with E-state index in [4.69, 9.17) is 9.72 Å². The van der Waals surface area contributed by atoms with Crippen LogP contribution in [-0.4, -0.2) is 41.6 Å². The Kier molecular flexibility index (Phi) is 4.81. The van der Waals surface area contributed by atoms with Crippen molar-refractivity contribution >= 4 is 27.5 Å². The van der Waals surface area contributed by atoms with E-state index >= 15 is 0 Å². The molecule has 0 N–H and O–H groups in total. The Morgan fingerprint density at radius 1 is 1.25 bits per heavy atom. The Labute approximate surface area is 146 Å². The average molecular weight is 344 g/mol. The molecule has 1 aromatic carbocycles. The summed E-state index contributed by atoms with van der Waals surface area (Å²) in [4.78, 5) is 19.2. The second-order valence-corrected chi connectivity index (χ2v) is 7.91. The van der Waals surface area contributed by atoms with E-state index < -0.39 is 0 Å². The van der Waals surface area contributed by atoms with Crippen molar-refractivity contribution in [1.29, 1.82) is 0 Å². The number of hydrogen-bond acceptors (Lipinski definition) is 4. The molecule has 4 rings (SSSR count). The number of ether oxygens (including phenoxy) is 1. The zero-order chi connectivity index (χ0) is 16.4. The lowest BCUT2D eigenvalue weighted by molar-refractivity contribution is -0.132. The van der Waals surface area contributed by atoms with Crippen LogP contribution < -0.4 is 0 Å².